The van der Waals surface area contributed by atoms with E-state index >= 15 is 0 Å². The lowest BCUT2D eigenvalue weighted by Gasteiger charge is -2.08. The second-order valence-electron chi connectivity index (χ2n) is 4.97. The number of hydrogen-bond acceptors (Lipinski definition) is 4. The Labute approximate surface area is 136 Å². The van der Waals surface area contributed by atoms with E-state index in [4.69, 9.17) is 0 Å². The second-order valence-corrected chi connectivity index (χ2v) is 4.97. The highest BCUT2D eigenvalue weighted by Crippen LogP contribution is 2.23. The van der Waals surface area contributed by atoms with Gasteiger partial charge in [0, 0.05) is 24.0 Å². The van der Waals surface area contributed by atoms with Crippen molar-refractivity contribution < 1.29 is 18.1 Å². The molecule has 0 bridgehead atoms. The van der Waals surface area contributed by atoms with Crippen LogP contribution in [-0.2, 0) is 6.54 Å². The van der Waals surface area contributed by atoms with Crippen molar-refractivity contribution in [1.82, 2.24) is 14.7 Å². The Bertz CT molecular complexity index is 840. The molecule has 0 fully saturated rings. The average Bonchev–Trinajstić information content (AvgIpc) is 3.24. The van der Waals surface area contributed by atoms with Crippen LogP contribution in [0.4, 0.5) is 14.5 Å². The van der Waals surface area contributed by atoms with E-state index in [-0.39, 0.29) is 11.7 Å². The van der Waals surface area contributed by atoms with Crippen molar-refractivity contribution >= 4 is 11.6 Å². The van der Waals surface area contributed by atoms with Crippen molar-refractivity contribution in [3.8, 4) is 11.4 Å². The Morgan fingerprint density at radius 2 is 2.04 bits per heavy atom. The van der Waals surface area contributed by atoms with Crippen molar-refractivity contribution in [2.45, 2.75) is 19.9 Å². The van der Waals surface area contributed by atoms with Crippen LogP contribution in [0.15, 0.2) is 47.1 Å². The molecule has 0 atom stereocenters. The van der Waals surface area contributed by atoms with Gasteiger partial charge in [-0.1, -0.05) is 5.16 Å². The SMILES string of the molecule is CCn1cccc1C(=O)Nc1ccc(-c2noc(C(F)F)n2)cc1. The van der Waals surface area contributed by atoms with Crippen LogP contribution in [0, 0.1) is 0 Å². The molecule has 24 heavy (non-hydrogen) atoms. The Morgan fingerprint density at radius 3 is 2.67 bits per heavy atom. The first-order chi connectivity index (χ1) is 11.6. The second kappa shape index (κ2) is 6.61. The number of carbonyl (C=O) groups excluding carboxylic acids is 1. The topological polar surface area (TPSA) is 73.0 Å². The van der Waals surface area contributed by atoms with E-state index in [2.05, 4.69) is 20.0 Å². The first kappa shape index (κ1) is 15.9. The van der Waals surface area contributed by atoms with E-state index in [0.717, 1.165) is 0 Å². The molecule has 0 aliphatic carbocycles. The molecule has 1 aromatic carbocycles. The highest BCUT2D eigenvalue weighted by molar-refractivity contribution is 6.03. The Morgan fingerprint density at radius 1 is 1.29 bits per heavy atom. The lowest BCUT2D eigenvalue weighted by atomic mass is 10.2. The summed E-state index contributed by atoms with van der Waals surface area (Å²) in [6.45, 7) is 2.64. The normalized spacial score (nSPS) is 11.0. The van der Waals surface area contributed by atoms with Crippen LogP contribution < -0.4 is 5.32 Å². The van der Waals surface area contributed by atoms with Crippen molar-refractivity contribution in [3.63, 3.8) is 0 Å². The molecule has 0 saturated carbocycles. The fraction of sp³-hybridized carbons (Fsp3) is 0.188. The molecular weight excluding hydrogens is 318 g/mol. The van der Waals surface area contributed by atoms with Crippen LogP contribution in [0.5, 0.6) is 0 Å². The molecule has 3 rings (SSSR count). The summed E-state index contributed by atoms with van der Waals surface area (Å²) >= 11 is 0. The molecule has 0 aliphatic heterocycles. The standard InChI is InChI=1S/C16H14F2N4O2/c1-2-22-9-3-4-12(22)15(23)19-11-7-5-10(6-8-11)14-20-16(13(17)18)24-21-14/h3-9,13H,2H2,1H3,(H,19,23). The van der Waals surface area contributed by atoms with Gasteiger partial charge in [-0.2, -0.15) is 13.8 Å². The molecule has 2 heterocycles. The third-order valence-corrected chi connectivity index (χ3v) is 3.43. The molecule has 2 aromatic heterocycles. The van der Waals surface area contributed by atoms with Gasteiger partial charge in [-0.25, -0.2) is 0 Å². The third kappa shape index (κ3) is 3.17. The fourth-order valence-corrected chi connectivity index (χ4v) is 2.23. The zero-order valence-electron chi connectivity index (χ0n) is 12.7. The zero-order valence-corrected chi connectivity index (χ0v) is 12.7. The molecule has 3 aromatic rings. The van der Waals surface area contributed by atoms with Crippen LogP contribution in [-0.4, -0.2) is 20.6 Å². The van der Waals surface area contributed by atoms with E-state index in [1.54, 1.807) is 36.4 Å². The molecule has 8 heteroatoms. The summed E-state index contributed by atoms with van der Waals surface area (Å²) in [7, 11) is 0. The average molecular weight is 332 g/mol. The maximum absolute atomic E-state index is 12.5. The molecule has 0 aliphatic rings. The highest BCUT2D eigenvalue weighted by Gasteiger charge is 2.17. The smallest absolute Gasteiger partial charge is 0.315 e. The predicted octanol–water partition coefficient (Wildman–Crippen LogP) is 3.75. The number of benzene rings is 1. The predicted molar refractivity (Wildman–Crippen MR) is 82.8 cm³/mol. The minimum atomic E-state index is -2.81. The van der Waals surface area contributed by atoms with Gasteiger partial charge in [0.1, 0.15) is 5.69 Å². The van der Waals surface area contributed by atoms with Crippen molar-refractivity contribution in [3.05, 3.63) is 54.2 Å². The quantitative estimate of drug-likeness (QED) is 0.772. The molecular formula is C16H14F2N4O2. The van der Waals surface area contributed by atoms with E-state index in [1.165, 1.54) is 0 Å². The summed E-state index contributed by atoms with van der Waals surface area (Å²) in [5.74, 6) is -0.875. The zero-order chi connectivity index (χ0) is 17.1. The summed E-state index contributed by atoms with van der Waals surface area (Å²) in [4.78, 5) is 15.8. The summed E-state index contributed by atoms with van der Waals surface area (Å²) in [5.41, 5.74) is 1.65. The molecule has 6 nitrogen and oxygen atoms in total. The number of alkyl halides is 2. The van der Waals surface area contributed by atoms with Gasteiger partial charge in [-0.3, -0.25) is 4.79 Å². The Balaban J connectivity index is 1.73. The van der Waals surface area contributed by atoms with E-state index < -0.39 is 12.3 Å². The summed E-state index contributed by atoms with van der Waals surface area (Å²) < 4.78 is 31.2. The maximum atomic E-state index is 12.5. The summed E-state index contributed by atoms with van der Waals surface area (Å²) in [6, 6.07) is 10.1. The number of aryl methyl sites for hydroxylation is 1. The van der Waals surface area contributed by atoms with Crippen molar-refractivity contribution in [2.24, 2.45) is 0 Å². The summed E-state index contributed by atoms with van der Waals surface area (Å²) in [5, 5.41) is 6.28. The molecule has 1 N–H and O–H groups in total. The van der Waals surface area contributed by atoms with Crippen LogP contribution in [0.1, 0.15) is 29.7 Å². The molecule has 0 unspecified atom stereocenters. The highest BCUT2D eigenvalue weighted by atomic mass is 19.3. The Kier molecular flexibility index (Phi) is 4.37. The van der Waals surface area contributed by atoms with E-state index in [0.29, 0.717) is 23.5 Å². The van der Waals surface area contributed by atoms with Crippen LogP contribution in [0.3, 0.4) is 0 Å². The number of carbonyl (C=O) groups is 1. The lowest BCUT2D eigenvalue weighted by molar-refractivity contribution is 0.101. The number of halogens is 2. The number of hydrogen-bond donors (Lipinski definition) is 1. The largest absolute Gasteiger partial charge is 0.344 e. The van der Waals surface area contributed by atoms with Crippen LogP contribution in [0.2, 0.25) is 0 Å². The van der Waals surface area contributed by atoms with Gasteiger partial charge < -0.3 is 14.4 Å². The molecule has 124 valence electrons. The summed E-state index contributed by atoms with van der Waals surface area (Å²) in [6.07, 6.45) is -0.978. The van der Waals surface area contributed by atoms with Gasteiger partial charge in [-0.05, 0) is 43.3 Å². The fourth-order valence-electron chi connectivity index (χ4n) is 2.23. The molecule has 0 spiro atoms. The molecule has 0 saturated heterocycles. The third-order valence-electron chi connectivity index (χ3n) is 3.43. The van der Waals surface area contributed by atoms with Gasteiger partial charge in [0.15, 0.2) is 0 Å². The van der Waals surface area contributed by atoms with Gasteiger partial charge >= 0.3 is 6.43 Å². The van der Waals surface area contributed by atoms with Crippen molar-refractivity contribution in [2.75, 3.05) is 5.32 Å². The number of amides is 1. The minimum absolute atomic E-state index is 0.0723. The monoisotopic (exact) mass is 332 g/mol. The number of aromatic nitrogens is 3. The number of anilines is 1. The molecule has 0 radical (unpaired) electrons. The maximum Gasteiger partial charge on any atom is 0.315 e. The first-order valence-electron chi connectivity index (χ1n) is 7.27. The first-order valence-corrected chi connectivity index (χ1v) is 7.27. The van der Waals surface area contributed by atoms with E-state index in [1.807, 2.05) is 17.7 Å². The van der Waals surface area contributed by atoms with Gasteiger partial charge in [0.2, 0.25) is 5.82 Å². The Hall–Kier alpha value is -3.03. The van der Waals surface area contributed by atoms with Crippen LogP contribution in [0.25, 0.3) is 11.4 Å². The number of nitrogens with one attached hydrogen (secondary N) is 1. The lowest BCUT2D eigenvalue weighted by Crippen LogP contribution is -2.16. The van der Waals surface area contributed by atoms with Gasteiger partial charge in [-0.15, -0.1) is 0 Å². The van der Waals surface area contributed by atoms with Gasteiger partial charge in [0.05, 0.1) is 0 Å². The van der Waals surface area contributed by atoms with Crippen molar-refractivity contribution in [1.29, 1.82) is 0 Å². The minimum Gasteiger partial charge on any atom is -0.344 e. The number of rotatable bonds is 5. The van der Waals surface area contributed by atoms with Gasteiger partial charge in [0.25, 0.3) is 11.8 Å². The molecule has 1 amide bonds. The number of nitrogens with zero attached hydrogens (tertiary/aromatic N) is 3. The van der Waals surface area contributed by atoms with Crippen LogP contribution >= 0.6 is 0 Å². The van der Waals surface area contributed by atoms with E-state index in [9.17, 15) is 13.6 Å².